The molecule has 0 radical (unpaired) electrons. The van der Waals surface area contributed by atoms with Crippen molar-refractivity contribution in [2.75, 3.05) is 32.1 Å². The minimum absolute atomic E-state index is 0.0621. The smallest absolute Gasteiger partial charge is 0.317 e. The van der Waals surface area contributed by atoms with Crippen LogP contribution in [-0.4, -0.2) is 44.2 Å². The van der Waals surface area contributed by atoms with E-state index in [4.69, 9.17) is 4.74 Å². The standard InChI is InChI=1S/C21H27N3O2/c1-16-13-18-8-4-5-10-20(18)24(16)12-11-22-21(25)23(2)15-17-7-6-9-19(14-17)26-3/h4-10,14,16H,11-13,15H2,1-3H3,(H,22,25). The molecule has 0 aliphatic carbocycles. The fraction of sp³-hybridized carbons (Fsp3) is 0.381. The summed E-state index contributed by atoms with van der Waals surface area (Å²) in [7, 11) is 3.45. The van der Waals surface area contributed by atoms with Gasteiger partial charge in [0.2, 0.25) is 0 Å². The van der Waals surface area contributed by atoms with Crippen molar-refractivity contribution in [2.45, 2.75) is 25.9 Å². The summed E-state index contributed by atoms with van der Waals surface area (Å²) in [4.78, 5) is 16.4. The first-order valence-electron chi connectivity index (χ1n) is 9.05. The highest BCUT2D eigenvalue weighted by Gasteiger charge is 2.25. The zero-order valence-electron chi connectivity index (χ0n) is 15.7. The SMILES string of the molecule is COc1cccc(CN(C)C(=O)NCCN2c3ccccc3CC2C)c1. The van der Waals surface area contributed by atoms with Gasteiger partial charge >= 0.3 is 6.03 Å². The van der Waals surface area contributed by atoms with Gasteiger partial charge in [-0.1, -0.05) is 30.3 Å². The van der Waals surface area contributed by atoms with Crippen LogP contribution in [0, 0.1) is 0 Å². The second kappa shape index (κ2) is 8.13. The summed E-state index contributed by atoms with van der Waals surface area (Å²) in [6, 6.07) is 16.7. The molecule has 2 aromatic carbocycles. The maximum absolute atomic E-state index is 12.4. The Balaban J connectivity index is 1.49. The molecule has 0 spiro atoms. The van der Waals surface area contributed by atoms with Gasteiger partial charge in [0, 0.05) is 38.4 Å². The van der Waals surface area contributed by atoms with Crippen LogP contribution in [0.2, 0.25) is 0 Å². The molecule has 0 saturated heterocycles. The molecule has 3 rings (SSSR count). The summed E-state index contributed by atoms with van der Waals surface area (Å²) in [5.41, 5.74) is 3.73. The number of carbonyl (C=O) groups excluding carboxylic acids is 1. The number of nitrogens with zero attached hydrogens (tertiary/aromatic N) is 2. The van der Waals surface area contributed by atoms with E-state index in [-0.39, 0.29) is 6.03 Å². The van der Waals surface area contributed by atoms with Crippen molar-refractivity contribution in [3.8, 4) is 5.75 Å². The van der Waals surface area contributed by atoms with Crippen LogP contribution in [0.5, 0.6) is 5.75 Å². The van der Waals surface area contributed by atoms with Gasteiger partial charge in [0.05, 0.1) is 7.11 Å². The number of benzene rings is 2. The summed E-state index contributed by atoms with van der Waals surface area (Å²) in [5.74, 6) is 0.804. The van der Waals surface area contributed by atoms with Gasteiger partial charge in [0.1, 0.15) is 5.75 Å². The molecule has 1 unspecified atom stereocenters. The average molecular weight is 353 g/mol. The predicted molar refractivity (Wildman–Crippen MR) is 105 cm³/mol. The van der Waals surface area contributed by atoms with Crippen molar-refractivity contribution < 1.29 is 9.53 Å². The number of urea groups is 1. The van der Waals surface area contributed by atoms with Crippen LogP contribution >= 0.6 is 0 Å². The van der Waals surface area contributed by atoms with Crippen LogP contribution in [-0.2, 0) is 13.0 Å². The monoisotopic (exact) mass is 353 g/mol. The Labute approximate surface area is 155 Å². The fourth-order valence-electron chi connectivity index (χ4n) is 3.51. The van der Waals surface area contributed by atoms with Crippen LogP contribution in [0.1, 0.15) is 18.1 Å². The van der Waals surface area contributed by atoms with Crippen LogP contribution in [0.25, 0.3) is 0 Å². The molecular formula is C21H27N3O2. The molecule has 0 fully saturated rings. The minimum atomic E-state index is -0.0621. The van der Waals surface area contributed by atoms with Gasteiger partial charge in [-0.15, -0.1) is 0 Å². The second-order valence-electron chi connectivity index (χ2n) is 6.81. The van der Waals surface area contributed by atoms with Crippen LogP contribution in [0.3, 0.4) is 0 Å². The van der Waals surface area contributed by atoms with Crippen molar-refractivity contribution >= 4 is 11.7 Å². The topological polar surface area (TPSA) is 44.8 Å². The Morgan fingerprint density at radius 1 is 1.27 bits per heavy atom. The van der Waals surface area contributed by atoms with E-state index in [0.29, 0.717) is 19.1 Å². The van der Waals surface area contributed by atoms with E-state index in [0.717, 1.165) is 24.3 Å². The predicted octanol–water partition coefficient (Wildman–Crippen LogP) is 3.29. The third-order valence-electron chi connectivity index (χ3n) is 4.88. The number of anilines is 1. The van der Waals surface area contributed by atoms with Gasteiger partial charge in [-0.2, -0.15) is 0 Å². The lowest BCUT2D eigenvalue weighted by Gasteiger charge is -2.26. The number of carbonyl (C=O) groups is 1. The highest BCUT2D eigenvalue weighted by molar-refractivity contribution is 5.74. The summed E-state index contributed by atoms with van der Waals surface area (Å²) < 4.78 is 5.23. The highest BCUT2D eigenvalue weighted by Crippen LogP contribution is 2.31. The first-order chi connectivity index (χ1) is 12.6. The summed E-state index contributed by atoms with van der Waals surface area (Å²) in [6.45, 7) is 4.22. The molecule has 2 aromatic rings. The van der Waals surface area contributed by atoms with Crippen LogP contribution in [0.15, 0.2) is 48.5 Å². The number of amides is 2. The van der Waals surface area contributed by atoms with E-state index in [1.165, 1.54) is 11.3 Å². The average Bonchev–Trinajstić information content (AvgIpc) is 2.97. The lowest BCUT2D eigenvalue weighted by Crippen LogP contribution is -2.42. The van der Waals surface area contributed by atoms with Crippen molar-refractivity contribution in [1.82, 2.24) is 10.2 Å². The van der Waals surface area contributed by atoms with Gasteiger partial charge in [0.25, 0.3) is 0 Å². The molecule has 1 aliphatic heterocycles. The maximum atomic E-state index is 12.4. The summed E-state index contributed by atoms with van der Waals surface area (Å²) >= 11 is 0. The first-order valence-corrected chi connectivity index (χ1v) is 9.05. The number of hydrogen-bond donors (Lipinski definition) is 1. The normalized spacial score (nSPS) is 15.5. The van der Waals surface area contributed by atoms with E-state index < -0.39 is 0 Å². The number of ether oxygens (including phenoxy) is 1. The Kier molecular flexibility index (Phi) is 5.66. The summed E-state index contributed by atoms with van der Waals surface area (Å²) in [6.07, 6.45) is 1.07. The molecule has 1 atom stereocenters. The van der Waals surface area contributed by atoms with Gasteiger partial charge in [-0.05, 0) is 42.7 Å². The van der Waals surface area contributed by atoms with E-state index in [9.17, 15) is 4.79 Å². The number of hydrogen-bond acceptors (Lipinski definition) is 3. The highest BCUT2D eigenvalue weighted by atomic mass is 16.5. The first kappa shape index (κ1) is 18.1. The minimum Gasteiger partial charge on any atom is -0.497 e. The molecule has 2 amide bonds. The molecular weight excluding hydrogens is 326 g/mol. The fourth-order valence-corrected chi connectivity index (χ4v) is 3.51. The molecule has 138 valence electrons. The molecule has 0 saturated carbocycles. The molecule has 0 bridgehead atoms. The van der Waals surface area contributed by atoms with Crippen LogP contribution < -0.4 is 15.0 Å². The molecule has 0 aromatic heterocycles. The summed E-state index contributed by atoms with van der Waals surface area (Å²) in [5, 5.41) is 3.02. The molecule has 1 heterocycles. The quantitative estimate of drug-likeness (QED) is 0.867. The number of nitrogens with one attached hydrogen (secondary N) is 1. The Bertz CT molecular complexity index is 762. The van der Waals surface area contributed by atoms with Crippen LogP contribution in [0.4, 0.5) is 10.5 Å². The van der Waals surface area contributed by atoms with Gasteiger partial charge < -0.3 is 19.9 Å². The third-order valence-corrected chi connectivity index (χ3v) is 4.88. The van der Waals surface area contributed by atoms with Gasteiger partial charge in [0.15, 0.2) is 0 Å². The zero-order valence-corrected chi connectivity index (χ0v) is 15.7. The van der Waals surface area contributed by atoms with Crippen molar-refractivity contribution in [2.24, 2.45) is 0 Å². The zero-order chi connectivity index (χ0) is 18.5. The van der Waals surface area contributed by atoms with Crippen molar-refractivity contribution in [3.63, 3.8) is 0 Å². The molecule has 5 heteroatoms. The molecule has 1 N–H and O–H groups in total. The van der Waals surface area contributed by atoms with Gasteiger partial charge in [-0.25, -0.2) is 4.79 Å². The number of rotatable bonds is 6. The number of para-hydroxylation sites is 1. The van der Waals surface area contributed by atoms with E-state index in [1.54, 1.807) is 12.0 Å². The van der Waals surface area contributed by atoms with Crippen molar-refractivity contribution in [3.05, 3.63) is 59.7 Å². The van der Waals surface area contributed by atoms with Gasteiger partial charge in [-0.3, -0.25) is 0 Å². The number of fused-ring (bicyclic) bond motifs is 1. The lowest BCUT2D eigenvalue weighted by molar-refractivity contribution is 0.207. The number of methoxy groups -OCH3 is 1. The maximum Gasteiger partial charge on any atom is 0.317 e. The third kappa shape index (κ3) is 4.10. The Morgan fingerprint density at radius 2 is 2.08 bits per heavy atom. The van der Waals surface area contributed by atoms with E-state index in [1.807, 2.05) is 31.3 Å². The Hall–Kier alpha value is -2.69. The lowest BCUT2D eigenvalue weighted by atomic mass is 10.1. The van der Waals surface area contributed by atoms with Crippen molar-refractivity contribution in [1.29, 1.82) is 0 Å². The Morgan fingerprint density at radius 3 is 2.88 bits per heavy atom. The largest absolute Gasteiger partial charge is 0.497 e. The molecule has 1 aliphatic rings. The van der Waals surface area contributed by atoms with E-state index >= 15 is 0 Å². The molecule has 26 heavy (non-hydrogen) atoms. The molecule has 5 nitrogen and oxygen atoms in total. The second-order valence-corrected chi connectivity index (χ2v) is 6.81. The van der Waals surface area contributed by atoms with E-state index in [2.05, 4.69) is 41.4 Å².